The van der Waals surface area contributed by atoms with Crippen LogP contribution in [0.4, 0.5) is 0 Å². The van der Waals surface area contributed by atoms with Gasteiger partial charge in [-0.1, -0.05) is 23.8 Å². The van der Waals surface area contributed by atoms with Crippen LogP contribution >= 0.6 is 0 Å². The Balaban J connectivity index is 1.50. The summed E-state index contributed by atoms with van der Waals surface area (Å²) in [5, 5.41) is 7.40. The number of aryl methyl sites for hydroxylation is 2. The molecule has 33 heavy (non-hydrogen) atoms. The molecule has 0 saturated carbocycles. The molecule has 0 fully saturated rings. The normalized spacial score (nSPS) is 10.9. The molecule has 0 atom stereocenters. The van der Waals surface area contributed by atoms with Crippen LogP contribution < -0.4 is 20.3 Å². The Morgan fingerprint density at radius 1 is 1.00 bits per heavy atom. The number of nitrogens with zero attached hydrogens (tertiary/aromatic N) is 3. The van der Waals surface area contributed by atoms with Crippen LogP contribution in [0.5, 0.6) is 11.5 Å². The van der Waals surface area contributed by atoms with Crippen LogP contribution in [0.3, 0.4) is 0 Å². The summed E-state index contributed by atoms with van der Waals surface area (Å²) in [7, 11) is 3.06. The number of methoxy groups -OCH3 is 2. The van der Waals surface area contributed by atoms with Crippen LogP contribution in [0.2, 0.25) is 0 Å². The molecule has 170 valence electrons. The lowest BCUT2D eigenvalue weighted by molar-refractivity contribution is 0.0951. The van der Waals surface area contributed by atoms with E-state index in [4.69, 9.17) is 9.47 Å². The second-order valence-corrected chi connectivity index (χ2v) is 7.83. The molecule has 0 aliphatic heterocycles. The summed E-state index contributed by atoms with van der Waals surface area (Å²) >= 11 is 0. The maximum atomic E-state index is 13.0. The lowest BCUT2D eigenvalue weighted by atomic mass is 10.0. The van der Waals surface area contributed by atoms with E-state index in [1.54, 1.807) is 45.7 Å². The number of ether oxygens (including phenoxy) is 2. The summed E-state index contributed by atoms with van der Waals surface area (Å²) in [4.78, 5) is 25.5. The smallest absolute Gasteiger partial charge is 0.276 e. The van der Waals surface area contributed by atoms with Gasteiger partial charge in [-0.25, -0.2) is 4.52 Å². The van der Waals surface area contributed by atoms with E-state index in [1.165, 1.54) is 19.8 Å². The minimum absolute atomic E-state index is 0.168. The van der Waals surface area contributed by atoms with E-state index in [1.807, 2.05) is 26.0 Å². The second-order valence-electron chi connectivity index (χ2n) is 7.83. The fraction of sp³-hybridized carbons (Fsp3) is 0.240. The van der Waals surface area contributed by atoms with Gasteiger partial charge < -0.3 is 19.4 Å². The number of aromatic nitrogens is 3. The van der Waals surface area contributed by atoms with Gasteiger partial charge in [0.2, 0.25) is 0 Å². The van der Waals surface area contributed by atoms with Crippen molar-refractivity contribution in [2.75, 3.05) is 20.8 Å². The Hall–Kier alpha value is -4.07. The fourth-order valence-electron chi connectivity index (χ4n) is 3.77. The summed E-state index contributed by atoms with van der Waals surface area (Å²) in [6, 6.07) is 12.9. The van der Waals surface area contributed by atoms with Crippen molar-refractivity contribution in [1.29, 1.82) is 0 Å². The predicted octanol–water partition coefficient (Wildman–Crippen LogP) is 3.23. The molecule has 0 bridgehead atoms. The largest absolute Gasteiger partial charge is 0.497 e. The average molecular weight is 447 g/mol. The third kappa shape index (κ3) is 4.59. The molecule has 0 radical (unpaired) electrons. The SMILES string of the molecule is COc1cc(OC)cc(C(=O)NCCn2ccn3nc(-c4ccc(C)cc4C)cc3c2=O)c1. The van der Waals surface area contributed by atoms with Crippen molar-refractivity contribution >= 4 is 11.4 Å². The van der Waals surface area contributed by atoms with Crippen molar-refractivity contribution < 1.29 is 14.3 Å². The minimum atomic E-state index is -0.275. The molecule has 0 aliphatic rings. The molecule has 1 N–H and O–H groups in total. The first-order chi connectivity index (χ1) is 15.9. The fourth-order valence-corrected chi connectivity index (χ4v) is 3.77. The van der Waals surface area contributed by atoms with E-state index in [-0.39, 0.29) is 18.0 Å². The number of hydrogen-bond donors (Lipinski definition) is 1. The van der Waals surface area contributed by atoms with E-state index < -0.39 is 0 Å². The molecule has 0 spiro atoms. The van der Waals surface area contributed by atoms with Crippen LogP contribution in [0.25, 0.3) is 16.8 Å². The van der Waals surface area contributed by atoms with Crippen molar-refractivity contribution in [3.8, 4) is 22.8 Å². The number of fused-ring (bicyclic) bond motifs is 1. The molecular weight excluding hydrogens is 420 g/mol. The molecule has 2 aromatic carbocycles. The number of carbonyl (C=O) groups excluding carboxylic acids is 1. The summed E-state index contributed by atoms with van der Waals surface area (Å²) in [6.07, 6.45) is 3.42. The standard InChI is InChI=1S/C25H26N4O4/c1-16-5-6-21(17(2)11-16)22-15-23-25(31)28(9-10-29(23)27-22)8-7-26-24(30)18-12-19(32-3)14-20(13-18)33-4/h5-6,9-15H,7-8H2,1-4H3,(H,26,30). The number of carbonyl (C=O) groups is 1. The van der Waals surface area contributed by atoms with Gasteiger partial charge in [-0.2, -0.15) is 5.10 Å². The van der Waals surface area contributed by atoms with Crippen molar-refractivity contribution in [1.82, 2.24) is 19.5 Å². The van der Waals surface area contributed by atoms with Crippen molar-refractivity contribution in [2.24, 2.45) is 0 Å². The first-order valence-electron chi connectivity index (χ1n) is 10.6. The van der Waals surface area contributed by atoms with E-state index >= 15 is 0 Å². The molecule has 0 saturated heterocycles. The zero-order chi connectivity index (χ0) is 23.5. The lowest BCUT2D eigenvalue weighted by Gasteiger charge is -2.10. The molecule has 8 nitrogen and oxygen atoms in total. The molecule has 2 aromatic heterocycles. The van der Waals surface area contributed by atoms with Gasteiger partial charge in [-0.15, -0.1) is 0 Å². The predicted molar refractivity (Wildman–Crippen MR) is 126 cm³/mol. The number of amides is 1. The highest BCUT2D eigenvalue weighted by Gasteiger charge is 2.12. The number of nitrogens with one attached hydrogen (secondary N) is 1. The van der Waals surface area contributed by atoms with Crippen LogP contribution in [0.1, 0.15) is 21.5 Å². The first-order valence-corrected chi connectivity index (χ1v) is 10.6. The highest BCUT2D eigenvalue weighted by atomic mass is 16.5. The van der Waals surface area contributed by atoms with Crippen LogP contribution in [-0.2, 0) is 6.54 Å². The van der Waals surface area contributed by atoms with Crippen molar-refractivity contribution in [3.05, 3.63) is 81.9 Å². The lowest BCUT2D eigenvalue weighted by Crippen LogP contribution is -2.31. The maximum absolute atomic E-state index is 13.0. The highest BCUT2D eigenvalue weighted by Crippen LogP contribution is 2.24. The summed E-state index contributed by atoms with van der Waals surface area (Å²) < 4.78 is 13.6. The van der Waals surface area contributed by atoms with Gasteiger partial charge in [0.05, 0.1) is 19.9 Å². The quantitative estimate of drug-likeness (QED) is 0.471. The molecule has 0 unspecified atom stereocenters. The monoisotopic (exact) mass is 446 g/mol. The molecule has 8 heteroatoms. The average Bonchev–Trinajstić information content (AvgIpc) is 3.24. The Morgan fingerprint density at radius 2 is 1.73 bits per heavy atom. The maximum Gasteiger partial charge on any atom is 0.276 e. The van der Waals surface area contributed by atoms with E-state index in [0.29, 0.717) is 29.1 Å². The number of rotatable bonds is 7. The molecular formula is C25H26N4O4. The topological polar surface area (TPSA) is 86.9 Å². The van der Waals surface area contributed by atoms with Gasteiger partial charge in [0.25, 0.3) is 11.5 Å². The third-order valence-corrected chi connectivity index (χ3v) is 5.51. The van der Waals surface area contributed by atoms with E-state index in [9.17, 15) is 9.59 Å². The minimum Gasteiger partial charge on any atom is -0.497 e. The third-order valence-electron chi connectivity index (χ3n) is 5.51. The van der Waals surface area contributed by atoms with Gasteiger partial charge in [-0.05, 0) is 37.6 Å². The highest BCUT2D eigenvalue weighted by molar-refractivity contribution is 5.95. The summed E-state index contributed by atoms with van der Waals surface area (Å²) in [5.41, 5.74) is 4.77. The van der Waals surface area contributed by atoms with Gasteiger partial charge in [0, 0.05) is 42.7 Å². The van der Waals surface area contributed by atoms with Gasteiger partial charge in [0.1, 0.15) is 17.0 Å². The summed E-state index contributed by atoms with van der Waals surface area (Å²) in [6.45, 7) is 4.69. The molecule has 4 aromatic rings. The second kappa shape index (κ2) is 9.20. The number of hydrogen-bond acceptors (Lipinski definition) is 5. The van der Waals surface area contributed by atoms with Crippen LogP contribution in [0.15, 0.2) is 59.7 Å². The van der Waals surface area contributed by atoms with E-state index in [0.717, 1.165) is 16.8 Å². The van der Waals surface area contributed by atoms with Gasteiger partial charge in [-0.3, -0.25) is 9.59 Å². The number of benzene rings is 2. The Bertz CT molecular complexity index is 1360. The van der Waals surface area contributed by atoms with Gasteiger partial charge in [0.15, 0.2) is 0 Å². The zero-order valence-corrected chi connectivity index (χ0v) is 19.1. The Kier molecular flexibility index (Phi) is 6.17. The van der Waals surface area contributed by atoms with Crippen molar-refractivity contribution in [3.63, 3.8) is 0 Å². The summed E-state index contributed by atoms with van der Waals surface area (Å²) in [5.74, 6) is 0.783. The molecule has 2 heterocycles. The molecule has 1 amide bonds. The van der Waals surface area contributed by atoms with Crippen molar-refractivity contribution in [2.45, 2.75) is 20.4 Å². The van der Waals surface area contributed by atoms with Crippen LogP contribution in [0, 0.1) is 13.8 Å². The Labute approximate surface area is 191 Å². The Morgan fingerprint density at radius 3 is 2.39 bits per heavy atom. The van der Waals surface area contributed by atoms with E-state index in [2.05, 4.69) is 16.5 Å². The molecule has 4 rings (SSSR count). The zero-order valence-electron chi connectivity index (χ0n) is 19.1. The van der Waals surface area contributed by atoms with Crippen LogP contribution in [-0.4, -0.2) is 40.9 Å². The van der Waals surface area contributed by atoms with Gasteiger partial charge >= 0.3 is 0 Å². The first kappa shape index (κ1) is 22.1. The molecule has 0 aliphatic carbocycles.